The third-order valence-electron chi connectivity index (χ3n) is 4.24. The summed E-state index contributed by atoms with van der Waals surface area (Å²) in [6, 6.07) is 14.7. The van der Waals surface area contributed by atoms with Crippen LogP contribution < -0.4 is 0 Å². The van der Waals surface area contributed by atoms with Crippen LogP contribution in [0.3, 0.4) is 0 Å². The van der Waals surface area contributed by atoms with Gasteiger partial charge in [-0.2, -0.15) is 4.31 Å². The number of hydrogen-bond acceptors (Lipinski definition) is 2. The fourth-order valence-corrected chi connectivity index (χ4v) is 5.19. The van der Waals surface area contributed by atoms with Crippen LogP contribution in [0, 0.1) is 0 Å². The topological polar surface area (TPSA) is 37.4 Å². The largest absolute Gasteiger partial charge is 0.244 e. The first-order valence-electron chi connectivity index (χ1n) is 7.48. The first-order valence-corrected chi connectivity index (χ1v) is 9.68. The summed E-state index contributed by atoms with van der Waals surface area (Å²) in [4.78, 5) is 0.127. The van der Waals surface area contributed by atoms with Crippen LogP contribution in [0.25, 0.3) is 0 Å². The predicted molar refractivity (Wildman–Crippen MR) is 93.6 cm³/mol. The molecule has 1 aliphatic heterocycles. The first kappa shape index (κ1) is 16.8. The summed E-state index contributed by atoms with van der Waals surface area (Å²) in [5, 5.41) is 0.597. The molecule has 23 heavy (non-hydrogen) atoms. The molecule has 6 heteroatoms. The van der Waals surface area contributed by atoms with Gasteiger partial charge < -0.3 is 0 Å². The quantitative estimate of drug-likeness (QED) is 0.794. The van der Waals surface area contributed by atoms with E-state index in [0.717, 1.165) is 12.8 Å². The van der Waals surface area contributed by atoms with Gasteiger partial charge >= 0.3 is 0 Å². The van der Waals surface area contributed by atoms with E-state index in [9.17, 15) is 8.42 Å². The van der Waals surface area contributed by atoms with Crippen molar-refractivity contribution < 1.29 is 8.42 Å². The van der Waals surface area contributed by atoms with Crippen LogP contribution in [0.1, 0.15) is 24.3 Å². The van der Waals surface area contributed by atoms with Crippen molar-refractivity contribution in [2.75, 3.05) is 13.1 Å². The van der Waals surface area contributed by atoms with Crippen LogP contribution in [0.2, 0.25) is 10.0 Å². The molecule has 0 saturated carbocycles. The van der Waals surface area contributed by atoms with Crippen molar-refractivity contribution in [1.82, 2.24) is 4.31 Å². The maximum atomic E-state index is 12.8. The Hall–Kier alpha value is -1.07. The molecule has 2 aromatic rings. The van der Waals surface area contributed by atoms with Crippen molar-refractivity contribution in [2.24, 2.45) is 0 Å². The summed E-state index contributed by atoms with van der Waals surface area (Å²) in [5.41, 5.74) is 1.27. The molecule has 122 valence electrons. The Labute approximate surface area is 146 Å². The van der Waals surface area contributed by atoms with Crippen molar-refractivity contribution in [2.45, 2.75) is 23.7 Å². The molecule has 1 aliphatic rings. The van der Waals surface area contributed by atoms with Gasteiger partial charge in [0.05, 0.1) is 5.02 Å². The molecule has 0 N–H and O–H groups in total. The van der Waals surface area contributed by atoms with Gasteiger partial charge in [-0.15, -0.1) is 0 Å². The lowest BCUT2D eigenvalue weighted by atomic mass is 9.90. The van der Waals surface area contributed by atoms with E-state index in [2.05, 4.69) is 12.1 Å². The van der Waals surface area contributed by atoms with Crippen LogP contribution >= 0.6 is 23.2 Å². The van der Waals surface area contributed by atoms with Crippen LogP contribution in [-0.4, -0.2) is 25.8 Å². The number of benzene rings is 2. The van der Waals surface area contributed by atoms with Crippen molar-refractivity contribution >= 4 is 33.2 Å². The molecule has 0 spiro atoms. The van der Waals surface area contributed by atoms with Crippen molar-refractivity contribution in [3.8, 4) is 0 Å². The second-order valence-electron chi connectivity index (χ2n) is 5.66. The number of piperidine rings is 1. The predicted octanol–water partition coefficient (Wildman–Crippen LogP) is 4.56. The maximum absolute atomic E-state index is 12.8. The first-order chi connectivity index (χ1) is 11.0. The van der Waals surface area contributed by atoms with Crippen molar-refractivity contribution in [1.29, 1.82) is 0 Å². The van der Waals surface area contributed by atoms with Crippen molar-refractivity contribution in [3.63, 3.8) is 0 Å². The third-order valence-corrected chi connectivity index (χ3v) is 6.85. The van der Waals surface area contributed by atoms with Crippen LogP contribution in [-0.2, 0) is 10.0 Å². The highest BCUT2D eigenvalue weighted by Gasteiger charge is 2.31. The lowest BCUT2D eigenvalue weighted by Crippen LogP contribution is -2.38. The molecular formula is C17H17Cl2NO2S. The van der Waals surface area contributed by atoms with E-state index >= 15 is 0 Å². The highest BCUT2D eigenvalue weighted by molar-refractivity contribution is 7.89. The highest BCUT2D eigenvalue weighted by atomic mass is 35.5. The van der Waals surface area contributed by atoms with Gasteiger partial charge in [0.2, 0.25) is 10.0 Å². The molecular weight excluding hydrogens is 353 g/mol. The van der Waals surface area contributed by atoms with E-state index in [1.54, 1.807) is 6.07 Å². The molecule has 3 rings (SSSR count). The summed E-state index contributed by atoms with van der Waals surface area (Å²) >= 11 is 11.9. The smallest absolute Gasteiger partial charge is 0.207 e. The van der Waals surface area contributed by atoms with Crippen LogP contribution in [0.5, 0.6) is 0 Å². The molecule has 2 aromatic carbocycles. The lowest BCUT2D eigenvalue weighted by Gasteiger charge is -2.31. The fraction of sp³-hybridized carbons (Fsp3) is 0.294. The normalized spacial score (nSPS) is 17.3. The molecule has 0 unspecified atom stereocenters. The van der Waals surface area contributed by atoms with Gasteiger partial charge in [-0.3, -0.25) is 0 Å². The molecule has 0 bridgehead atoms. The number of rotatable bonds is 3. The number of nitrogens with zero attached hydrogens (tertiary/aromatic N) is 1. The monoisotopic (exact) mass is 369 g/mol. The minimum atomic E-state index is -3.57. The minimum absolute atomic E-state index is 0.127. The van der Waals surface area contributed by atoms with E-state index in [-0.39, 0.29) is 9.92 Å². The Kier molecular flexibility index (Phi) is 4.97. The Bertz CT molecular complexity index is 785. The molecule has 0 aromatic heterocycles. The summed E-state index contributed by atoms with van der Waals surface area (Å²) in [5.74, 6) is 0.406. The van der Waals surface area contributed by atoms with Gasteiger partial charge in [0.15, 0.2) is 0 Å². The lowest BCUT2D eigenvalue weighted by molar-refractivity contribution is 0.319. The molecule has 0 radical (unpaired) electrons. The fourth-order valence-electron chi connectivity index (χ4n) is 2.98. The molecule has 0 aliphatic carbocycles. The Morgan fingerprint density at radius 1 is 0.957 bits per heavy atom. The minimum Gasteiger partial charge on any atom is -0.207 e. The number of hydrogen-bond donors (Lipinski definition) is 0. The second-order valence-corrected chi connectivity index (χ2v) is 8.41. The van der Waals surface area contributed by atoms with Gasteiger partial charge in [0, 0.05) is 18.1 Å². The molecule has 1 heterocycles. The van der Waals surface area contributed by atoms with E-state index in [1.807, 2.05) is 18.2 Å². The number of sulfonamides is 1. The van der Waals surface area contributed by atoms with Crippen molar-refractivity contribution in [3.05, 3.63) is 64.1 Å². The van der Waals surface area contributed by atoms with E-state index < -0.39 is 10.0 Å². The summed E-state index contributed by atoms with van der Waals surface area (Å²) in [6.07, 6.45) is 1.63. The van der Waals surface area contributed by atoms with Gasteiger partial charge in [-0.05, 0) is 42.5 Å². The zero-order valence-corrected chi connectivity index (χ0v) is 14.8. The standard InChI is InChI=1S/C17H17Cl2NO2S/c18-15-6-7-17(16(19)12-15)23(21,22)20-10-8-14(9-11-20)13-4-2-1-3-5-13/h1-7,12,14H,8-11H2. The number of halogens is 2. The zero-order chi connectivity index (χ0) is 16.4. The average molecular weight is 370 g/mol. The highest BCUT2D eigenvalue weighted by Crippen LogP contribution is 2.33. The van der Waals surface area contributed by atoms with Gasteiger partial charge in [-0.1, -0.05) is 53.5 Å². The Morgan fingerprint density at radius 2 is 1.61 bits per heavy atom. The summed E-state index contributed by atoms with van der Waals surface area (Å²) in [7, 11) is -3.57. The molecule has 0 amide bonds. The zero-order valence-electron chi connectivity index (χ0n) is 12.5. The van der Waals surface area contributed by atoms with Gasteiger partial charge in [-0.25, -0.2) is 8.42 Å². The van der Waals surface area contributed by atoms with Gasteiger partial charge in [0.1, 0.15) is 4.90 Å². The van der Waals surface area contributed by atoms with E-state index in [1.165, 1.54) is 22.0 Å². The molecule has 0 atom stereocenters. The SMILES string of the molecule is O=S(=O)(c1ccc(Cl)cc1Cl)N1CCC(c2ccccc2)CC1. The Morgan fingerprint density at radius 3 is 2.22 bits per heavy atom. The molecule has 1 fully saturated rings. The summed E-state index contributed by atoms with van der Waals surface area (Å²) in [6.45, 7) is 1.00. The average Bonchev–Trinajstić information content (AvgIpc) is 2.55. The molecule has 3 nitrogen and oxygen atoms in total. The van der Waals surface area contributed by atoms with E-state index in [0.29, 0.717) is 24.0 Å². The maximum Gasteiger partial charge on any atom is 0.244 e. The van der Waals surface area contributed by atoms with E-state index in [4.69, 9.17) is 23.2 Å². The van der Waals surface area contributed by atoms with Crippen LogP contribution in [0.4, 0.5) is 0 Å². The third kappa shape index (κ3) is 3.56. The second kappa shape index (κ2) is 6.81. The summed E-state index contributed by atoms with van der Waals surface area (Å²) < 4.78 is 27.0. The van der Waals surface area contributed by atoms with Crippen LogP contribution in [0.15, 0.2) is 53.4 Å². The molecule has 1 saturated heterocycles. The Balaban J connectivity index is 1.76. The van der Waals surface area contributed by atoms with Gasteiger partial charge in [0.25, 0.3) is 0 Å².